The molecule has 0 radical (unpaired) electrons. The maximum Gasteiger partial charge on any atom is 0.410 e. The van der Waals surface area contributed by atoms with Gasteiger partial charge in [0.1, 0.15) is 22.6 Å². The summed E-state index contributed by atoms with van der Waals surface area (Å²) in [6.45, 7) is 7.08. The first-order valence-corrected chi connectivity index (χ1v) is 17.8. The third-order valence-corrected chi connectivity index (χ3v) is 9.51. The van der Waals surface area contributed by atoms with Crippen molar-refractivity contribution in [2.75, 3.05) is 13.1 Å². The Kier molecular flexibility index (Phi) is 9.59. The number of aromatic nitrogens is 2. The Labute approximate surface area is 272 Å². The van der Waals surface area contributed by atoms with E-state index in [0.29, 0.717) is 52.5 Å². The highest BCUT2D eigenvalue weighted by molar-refractivity contribution is 14.2. The number of rotatable bonds is 8. The number of benzene rings is 2. The van der Waals surface area contributed by atoms with Gasteiger partial charge in [0.05, 0.1) is 4.92 Å². The molecule has 1 fully saturated rings. The maximum absolute atomic E-state index is 12.9. The average Bonchev–Trinajstić information content (AvgIpc) is 3.43. The first-order valence-electron chi connectivity index (χ1n) is 14.5. The molecule has 1 saturated heterocycles. The fourth-order valence-electron chi connectivity index (χ4n) is 5.49. The molecule has 232 valence electrons. The number of ether oxygens (including phenoxy) is 2. The molecule has 0 spiro atoms. The summed E-state index contributed by atoms with van der Waals surface area (Å²) in [5.41, 5.74) is 2.17. The number of carbonyl (C=O) groups excluding carboxylic acids is 1. The van der Waals surface area contributed by atoms with Crippen molar-refractivity contribution in [2.45, 2.75) is 52.1 Å². The number of likely N-dealkylation sites (tertiary alicyclic amines) is 1. The molecular formula is C32H35IN4O6S. The Morgan fingerprint density at radius 1 is 1.09 bits per heavy atom. The second-order valence-corrected chi connectivity index (χ2v) is 13.8. The van der Waals surface area contributed by atoms with Gasteiger partial charge in [0.2, 0.25) is 0 Å². The van der Waals surface area contributed by atoms with E-state index in [1.807, 2.05) is 57.3 Å². The average molecular weight is 731 g/mol. The molecule has 1 aliphatic rings. The smallest absolute Gasteiger partial charge is 0.410 e. The number of hydrogen-bond donors (Lipinski definition) is 0. The summed E-state index contributed by atoms with van der Waals surface area (Å²) >= 11 is 2.11. The molecule has 0 atom stereocenters. The Balaban J connectivity index is 1.30. The standard InChI is InChI=1S/C32H35IN4O6S/c1-32(2,3)43-31(39)35-16-13-22(14-17-35)6-5-21-7-10-24(11-8-21)42-28-12-9-23(37(40)41)19-26(28)27-20-34(4)30(38)29-25(27)15-18-36(29)44-33/h7-12,15,18-20,22H,5-6,13-14,16-17H2,1-4H3. The highest BCUT2D eigenvalue weighted by atomic mass is 127. The van der Waals surface area contributed by atoms with E-state index in [0.717, 1.165) is 25.7 Å². The van der Waals surface area contributed by atoms with E-state index in [-0.39, 0.29) is 17.3 Å². The predicted octanol–water partition coefficient (Wildman–Crippen LogP) is 8.13. The van der Waals surface area contributed by atoms with Crippen molar-refractivity contribution in [3.63, 3.8) is 0 Å². The predicted molar refractivity (Wildman–Crippen MR) is 182 cm³/mol. The first kappa shape index (κ1) is 31.9. The molecule has 12 heteroatoms. The Bertz CT molecular complexity index is 1740. The number of carbonyl (C=O) groups is 1. The van der Waals surface area contributed by atoms with Gasteiger partial charge in [-0.05, 0) is 82.2 Å². The van der Waals surface area contributed by atoms with Gasteiger partial charge in [-0.3, -0.25) is 18.9 Å². The number of hydrogen-bond acceptors (Lipinski definition) is 7. The molecule has 2 aromatic carbocycles. The van der Waals surface area contributed by atoms with Gasteiger partial charge in [-0.1, -0.05) is 12.1 Å². The van der Waals surface area contributed by atoms with Crippen molar-refractivity contribution < 1.29 is 19.2 Å². The van der Waals surface area contributed by atoms with Gasteiger partial charge in [0.15, 0.2) is 0 Å². The summed E-state index contributed by atoms with van der Waals surface area (Å²) in [5, 5.41) is 12.4. The summed E-state index contributed by atoms with van der Waals surface area (Å²) in [7, 11) is 3.04. The van der Waals surface area contributed by atoms with Gasteiger partial charge in [-0.2, -0.15) is 0 Å². The molecular weight excluding hydrogens is 695 g/mol. The van der Waals surface area contributed by atoms with Crippen LogP contribution in [0.1, 0.15) is 45.6 Å². The minimum atomic E-state index is -0.488. The zero-order chi connectivity index (χ0) is 31.6. The zero-order valence-electron chi connectivity index (χ0n) is 25.1. The number of nitro groups is 1. The van der Waals surface area contributed by atoms with Crippen LogP contribution < -0.4 is 10.3 Å². The van der Waals surface area contributed by atoms with Gasteiger partial charge >= 0.3 is 6.09 Å². The molecule has 10 nitrogen and oxygen atoms in total. The van der Waals surface area contributed by atoms with Crippen LogP contribution >= 0.6 is 30.3 Å². The molecule has 0 bridgehead atoms. The minimum absolute atomic E-state index is 0.0654. The van der Waals surface area contributed by atoms with Crippen LogP contribution in [0.4, 0.5) is 10.5 Å². The van der Waals surface area contributed by atoms with Crippen molar-refractivity contribution in [1.29, 1.82) is 0 Å². The number of fused-ring (bicyclic) bond motifs is 1. The first-order chi connectivity index (χ1) is 20.9. The van der Waals surface area contributed by atoms with E-state index in [1.54, 1.807) is 28.2 Å². The Hall–Kier alpha value is -3.52. The molecule has 2 aromatic heterocycles. The van der Waals surface area contributed by atoms with Gasteiger partial charge in [-0.15, -0.1) is 0 Å². The van der Waals surface area contributed by atoms with Gasteiger partial charge in [0, 0.05) is 91.5 Å². The number of piperidine rings is 1. The monoisotopic (exact) mass is 730 g/mol. The maximum atomic E-state index is 12.9. The van der Waals surface area contributed by atoms with Crippen molar-refractivity contribution >= 4 is 53.0 Å². The van der Waals surface area contributed by atoms with Crippen molar-refractivity contribution in [3.8, 4) is 22.6 Å². The largest absolute Gasteiger partial charge is 0.457 e. The molecule has 0 aliphatic carbocycles. The van der Waals surface area contributed by atoms with Crippen molar-refractivity contribution in [3.05, 3.63) is 87.0 Å². The lowest BCUT2D eigenvalue weighted by Crippen LogP contribution is -2.41. The molecule has 5 rings (SSSR count). The summed E-state index contributed by atoms with van der Waals surface area (Å²) in [6.07, 6.45) is 7.15. The van der Waals surface area contributed by atoms with Crippen LogP contribution in [0.25, 0.3) is 22.0 Å². The fourth-order valence-corrected chi connectivity index (χ4v) is 6.82. The lowest BCUT2D eigenvalue weighted by atomic mass is 9.90. The summed E-state index contributed by atoms with van der Waals surface area (Å²) in [4.78, 5) is 38.3. The second-order valence-electron chi connectivity index (χ2n) is 12.1. The van der Waals surface area contributed by atoms with Crippen LogP contribution in [0.3, 0.4) is 0 Å². The van der Waals surface area contributed by atoms with Crippen molar-refractivity contribution in [2.24, 2.45) is 13.0 Å². The fraction of sp³-hybridized carbons (Fsp3) is 0.375. The third kappa shape index (κ3) is 7.23. The van der Waals surface area contributed by atoms with E-state index >= 15 is 0 Å². The lowest BCUT2D eigenvalue weighted by Gasteiger charge is -2.33. The molecule has 0 N–H and O–H groups in total. The van der Waals surface area contributed by atoms with E-state index in [2.05, 4.69) is 21.2 Å². The zero-order valence-corrected chi connectivity index (χ0v) is 28.1. The van der Waals surface area contributed by atoms with Gasteiger partial charge in [-0.25, -0.2) is 4.79 Å². The SMILES string of the molecule is Cn1cc(-c2cc([N+](=O)[O-])ccc2Oc2ccc(CCC3CCN(C(=O)OC(C)(C)C)CC3)cc2)c2ccn(SI)c2c1=O. The lowest BCUT2D eigenvalue weighted by molar-refractivity contribution is -0.384. The summed E-state index contributed by atoms with van der Waals surface area (Å²) in [6, 6.07) is 14.3. The second kappa shape index (κ2) is 13.2. The van der Waals surface area contributed by atoms with E-state index < -0.39 is 10.5 Å². The number of nitrogens with zero attached hydrogens (tertiary/aromatic N) is 4. The Morgan fingerprint density at radius 2 is 1.80 bits per heavy atom. The summed E-state index contributed by atoms with van der Waals surface area (Å²) < 4.78 is 15.1. The van der Waals surface area contributed by atoms with E-state index in [4.69, 9.17) is 9.47 Å². The molecule has 1 amide bonds. The van der Waals surface area contributed by atoms with Gasteiger partial charge in [0.25, 0.3) is 11.2 Å². The molecule has 0 unspecified atom stereocenters. The number of pyridine rings is 1. The number of amides is 1. The molecule has 44 heavy (non-hydrogen) atoms. The topological polar surface area (TPSA) is 109 Å². The Morgan fingerprint density at radius 3 is 2.43 bits per heavy atom. The minimum Gasteiger partial charge on any atom is -0.457 e. The molecule has 1 aliphatic heterocycles. The van der Waals surface area contributed by atoms with E-state index in [1.165, 1.54) is 31.4 Å². The quantitative estimate of drug-likeness (QED) is 0.102. The summed E-state index contributed by atoms with van der Waals surface area (Å²) in [5.74, 6) is 1.61. The molecule has 0 saturated carbocycles. The molecule has 4 aromatic rings. The number of nitro benzene ring substituents is 1. The number of halogens is 1. The molecule has 3 heterocycles. The normalized spacial score (nSPS) is 14.2. The van der Waals surface area contributed by atoms with Crippen LogP contribution in [-0.4, -0.2) is 43.1 Å². The third-order valence-electron chi connectivity index (χ3n) is 7.79. The highest BCUT2D eigenvalue weighted by Crippen LogP contribution is 2.40. The van der Waals surface area contributed by atoms with Crippen molar-refractivity contribution in [1.82, 2.24) is 13.4 Å². The van der Waals surface area contributed by atoms with Crippen LogP contribution in [0.2, 0.25) is 0 Å². The van der Waals surface area contributed by atoms with E-state index in [9.17, 15) is 19.7 Å². The van der Waals surface area contributed by atoms with Gasteiger partial charge < -0.3 is 18.9 Å². The highest BCUT2D eigenvalue weighted by Gasteiger charge is 2.27. The number of aryl methyl sites for hydroxylation is 2. The van der Waals surface area contributed by atoms with Crippen LogP contribution in [0, 0.1) is 16.0 Å². The van der Waals surface area contributed by atoms with Crippen LogP contribution in [0.15, 0.2) is 65.7 Å². The van der Waals surface area contributed by atoms with Crippen LogP contribution in [0.5, 0.6) is 11.5 Å². The van der Waals surface area contributed by atoms with Crippen LogP contribution in [-0.2, 0) is 18.2 Å². The number of non-ortho nitro benzene ring substituents is 1.